The van der Waals surface area contributed by atoms with Crippen molar-refractivity contribution in [2.24, 2.45) is 0 Å². The summed E-state index contributed by atoms with van der Waals surface area (Å²) < 4.78 is 5.24. The van der Waals surface area contributed by atoms with Gasteiger partial charge in [0.05, 0.1) is 0 Å². The fourth-order valence-corrected chi connectivity index (χ4v) is 3.19. The molecular weight excluding hydrogens is 326 g/mol. The zero-order chi connectivity index (χ0) is 18.2. The molecule has 25 heavy (non-hydrogen) atoms. The van der Waals surface area contributed by atoms with E-state index in [4.69, 9.17) is 4.74 Å². The molecule has 1 spiro atoms. The van der Waals surface area contributed by atoms with Crippen LogP contribution in [0.1, 0.15) is 24.0 Å². The lowest BCUT2D eigenvalue weighted by Crippen LogP contribution is -2.51. The third-order valence-electron chi connectivity index (χ3n) is 4.71. The molecule has 2 fully saturated rings. The molecule has 1 aromatic carbocycles. The van der Waals surface area contributed by atoms with Gasteiger partial charge >= 0.3 is 6.03 Å². The molecule has 1 aromatic rings. The number of carbonyl (C=O) groups is 3. The van der Waals surface area contributed by atoms with E-state index in [2.05, 4.69) is 10.6 Å². The van der Waals surface area contributed by atoms with Gasteiger partial charge in [-0.05, 0) is 25.0 Å². The Hall–Kier alpha value is -2.61. The number of benzene rings is 1. The molecule has 134 valence electrons. The van der Waals surface area contributed by atoms with Crippen LogP contribution in [-0.4, -0.2) is 53.1 Å². The minimum absolute atomic E-state index is 0.0667. The van der Waals surface area contributed by atoms with Crippen molar-refractivity contribution in [1.29, 1.82) is 0 Å². The van der Waals surface area contributed by atoms with E-state index in [1.807, 2.05) is 0 Å². The van der Waals surface area contributed by atoms with Crippen molar-refractivity contribution in [3.63, 3.8) is 0 Å². The Morgan fingerprint density at radius 2 is 1.96 bits per heavy atom. The number of anilines is 1. The fourth-order valence-electron chi connectivity index (χ4n) is 3.19. The van der Waals surface area contributed by atoms with E-state index in [0.717, 1.165) is 10.5 Å². The number of amides is 4. The molecule has 3 rings (SSSR count). The maximum atomic E-state index is 12.6. The number of rotatable bonds is 3. The molecule has 8 nitrogen and oxygen atoms in total. The average Bonchev–Trinajstić information content (AvgIpc) is 2.77. The van der Waals surface area contributed by atoms with Gasteiger partial charge in [0.1, 0.15) is 17.8 Å². The number of phenols is 1. The van der Waals surface area contributed by atoms with Gasteiger partial charge < -0.3 is 20.5 Å². The highest BCUT2D eigenvalue weighted by Gasteiger charge is 2.52. The highest BCUT2D eigenvalue weighted by atomic mass is 16.5. The number of ether oxygens (including phenoxy) is 1. The van der Waals surface area contributed by atoms with Gasteiger partial charge in [-0.25, -0.2) is 4.79 Å². The highest BCUT2D eigenvalue weighted by molar-refractivity contribution is 6.10. The number of hydrogen-bond donors (Lipinski definition) is 3. The second-order valence-corrected chi connectivity index (χ2v) is 6.52. The van der Waals surface area contributed by atoms with Gasteiger partial charge in [0.25, 0.3) is 5.91 Å². The van der Waals surface area contributed by atoms with Crippen LogP contribution >= 0.6 is 0 Å². The topological polar surface area (TPSA) is 108 Å². The zero-order valence-electron chi connectivity index (χ0n) is 14.2. The van der Waals surface area contributed by atoms with Crippen LogP contribution in [0.4, 0.5) is 10.5 Å². The minimum atomic E-state index is -0.951. The van der Waals surface area contributed by atoms with E-state index >= 15 is 0 Å². The van der Waals surface area contributed by atoms with Crippen LogP contribution in [0.15, 0.2) is 12.1 Å². The summed E-state index contributed by atoms with van der Waals surface area (Å²) in [5, 5.41) is 15.1. The molecule has 8 heteroatoms. The van der Waals surface area contributed by atoms with E-state index in [1.165, 1.54) is 6.07 Å². The molecule has 0 bridgehead atoms. The second-order valence-electron chi connectivity index (χ2n) is 6.52. The molecular formula is C17H21N3O5. The van der Waals surface area contributed by atoms with E-state index in [-0.39, 0.29) is 18.2 Å². The lowest BCUT2D eigenvalue weighted by molar-refractivity contribution is -0.136. The Morgan fingerprint density at radius 1 is 1.28 bits per heavy atom. The number of phenolic OH excluding ortho intramolecular Hbond substituents is 1. The van der Waals surface area contributed by atoms with Crippen LogP contribution in [0.5, 0.6) is 5.75 Å². The first-order chi connectivity index (χ1) is 11.8. The molecule has 0 aromatic heterocycles. The first-order valence-corrected chi connectivity index (χ1v) is 8.14. The lowest BCUT2D eigenvalue weighted by atomic mass is 9.90. The molecule has 2 heterocycles. The van der Waals surface area contributed by atoms with Gasteiger partial charge in [0.15, 0.2) is 0 Å². The number of nitrogens with zero attached hydrogens (tertiary/aromatic N) is 1. The second kappa shape index (κ2) is 6.36. The summed E-state index contributed by atoms with van der Waals surface area (Å²) in [5.41, 5.74) is 0.974. The predicted octanol–water partition coefficient (Wildman–Crippen LogP) is 1.05. The van der Waals surface area contributed by atoms with Crippen LogP contribution in [0, 0.1) is 13.8 Å². The van der Waals surface area contributed by atoms with Crippen LogP contribution in [0.2, 0.25) is 0 Å². The predicted molar refractivity (Wildman–Crippen MR) is 89.2 cm³/mol. The number of urea groups is 1. The molecule has 0 atom stereocenters. The molecule has 0 unspecified atom stereocenters. The van der Waals surface area contributed by atoms with E-state index in [0.29, 0.717) is 37.3 Å². The summed E-state index contributed by atoms with van der Waals surface area (Å²) >= 11 is 0. The Balaban J connectivity index is 1.70. The summed E-state index contributed by atoms with van der Waals surface area (Å²) in [6, 6.07) is 2.63. The number of carbonyl (C=O) groups excluding carboxylic acids is 3. The first kappa shape index (κ1) is 17.2. The Labute approximate surface area is 145 Å². The normalized spacial score (nSPS) is 19.2. The molecule has 2 saturated heterocycles. The maximum absolute atomic E-state index is 12.6. The summed E-state index contributed by atoms with van der Waals surface area (Å²) in [4.78, 5) is 38.0. The summed E-state index contributed by atoms with van der Waals surface area (Å²) in [5.74, 6) is -0.824. The molecule has 3 N–H and O–H groups in total. The number of aromatic hydroxyl groups is 1. The molecule has 0 radical (unpaired) electrons. The number of aryl methyl sites for hydroxylation is 2. The van der Waals surface area contributed by atoms with Crippen molar-refractivity contribution >= 4 is 23.5 Å². The molecule has 0 aliphatic carbocycles. The summed E-state index contributed by atoms with van der Waals surface area (Å²) in [6.07, 6.45) is 0.807. The number of hydrogen-bond acceptors (Lipinski definition) is 5. The molecule has 2 aliphatic heterocycles. The van der Waals surface area contributed by atoms with Gasteiger partial charge in [-0.1, -0.05) is 6.07 Å². The van der Waals surface area contributed by atoms with E-state index in [9.17, 15) is 19.5 Å². The Morgan fingerprint density at radius 3 is 2.64 bits per heavy atom. The van der Waals surface area contributed by atoms with Crippen molar-refractivity contribution in [3.05, 3.63) is 23.3 Å². The smallest absolute Gasteiger partial charge is 0.325 e. The van der Waals surface area contributed by atoms with Crippen molar-refractivity contribution in [3.8, 4) is 5.75 Å². The van der Waals surface area contributed by atoms with Crippen LogP contribution < -0.4 is 10.6 Å². The van der Waals surface area contributed by atoms with Gasteiger partial charge in [-0.3, -0.25) is 14.5 Å². The van der Waals surface area contributed by atoms with Gasteiger partial charge in [-0.2, -0.15) is 0 Å². The van der Waals surface area contributed by atoms with Crippen molar-refractivity contribution in [1.82, 2.24) is 10.2 Å². The molecule has 0 saturated carbocycles. The van der Waals surface area contributed by atoms with E-state index < -0.39 is 17.5 Å². The standard InChI is InChI=1S/C17H21N3O5/c1-10-7-11(2)13(21)8-12(10)18-14(22)9-20-15(23)17(19-16(20)24)3-5-25-6-4-17/h7-8,21H,3-6,9H2,1-2H3,(H,18,22)(H,19,24). The zero-order valence-corrected chi connectivity index (χ0v) is 14.2. The van der Waals surface area contributed by atoms with Crippen LogP contribution in [-0.2, 0) is 14.3 Å². The maximum Gasteiger partial charge on any atom is 0.325 e. The SMILES string of the molecule is Cc1cc(C)c(NC(=O)CN2C(=O)NC3(CCOCC3)C2=O)cc1O. The first-order valence-electron chi connectivity index (χ1n) is 8.14. The van der Waals surface area contributed by atoms with Gasteiger partial charge in [0, 0.05) is 37.8 Å². The van der Waals surface area contributed by atoms with Gasteiger partial charge in [0.2, 0.25) is 5.91 Å². The third kappa shape index (κ3) is 3.17. The quantitative estimate of drug-likeness (QED) is 0.708. The summed E-state index contributed by atoms with van der Waals surface area (Å²) in [7, 11) is 0. The van der Waals surface area contributed by atoms with Crippen molar-refractivity contribution in [2.75, 3.05) is 25.1 Å². The number of nitrogens with one attached hydrogen (secondary N) is 2. The highest BCUT2D eigenvalue weighted by Crippen LogP contribution is 2.29. The van der Waals surface area contributed by atoms with Crippen molar-refractivity contribution < 1.29 is 24.2 Å². The van der Waals surface area contributed by atoms with Gasteiger partial charge in [-0.15, -0.1) is 0 Å². The summed E-state index contributed by atoms with van der Waals surface area (Å²) in [6.45, 7) is 3.98. The lowest BCUT2D eigenvalue weighted by Gasteiger charge is -2.30. The van der Waals surface area contributed by atoms with Crippen LogP contribution in [0.3, 0.4) is 0 Å². The Kier molecular flexibility index (Phi) is 4.38. The fraction of sp³-hybridized carbons (Fsp3) is 0.471. The van der Waals surface area contributed by atoms with E-state index in [1.54, 1.807) is 19.9 Å². The average molecular weight is 347 g/mol. The monoisotopic (exact) mass is 347 g/mol. The molecule has 2 aliphatic rings. The number of imide groups is 1. The van der Waals surface area contributed by atoms with Crippen molar-refractivity contribution in [2.45, 2.75) is 32.2 Å². The third-order valence-corrected chi connectivity index (χ3v) is 4.71. The molecule has 4 amide bonds. The van der Waals surface area contributed by atoms with Crippen LogP contribution in [0.25, 0.3) is 0 Å². The largest absolute Gasteiger partial charge is 0.508 e. The minimum Gasteiger partial charge on any atom is -0.508 e. The Bertz CT molecular complexity index is 740.